The molecule has 0 fully saturated rings. The minimum atomic E-state index is -1.49. The van der Waals surface area contributed by atoms with Crippen molar-refractivity contribution in [1.29, 1.82) is 0 Å². The molecule has 25 heavy (non-hydrogen) atoms. The molecular weight excluding hydrogens is 346 g/mol. The second-order valence-corrected chi connectivity index (χ2v) is 6.79. The molecule has 2 heterocycles. The Kier molecular flexibility index (Phi) is 6.26. The topological polar surface area (TPSA) is 123 Å². The fraction of sp³-hybridized carbons (Fsp3) is 0.562. The predicted molar refractivity (Wildman–Crippen MR) is 94.6 cm³/mol. The number of aliphatic hydroxyl groups excluding tert-OH is 1. The molecule has 2 aliphatic rings. The molecule has 0 saturated carbocycles. The summed E-state index contributed by atoms with van der Waals surface area (Å²) < 4.78 is 10.5. The first-order chi connectivity index (χ1) is 11.8. The molecule has 0 spiro atoms. The number of nitrogens with zero attached hydrogens (tertiary/aromatic N) is 1. The molecule has 0 aromatic rings. The number of hydrogen-bond donors (Lipinski definition) is 3. The number of Topliss-reactive ketones (excluding diaryl/α,β-unsaturated/α-hetero) is 1. The number of carbonyl (C=O) groups excluding carboxylic acids is 2. The van der Waals surface area contributed by atoms with Crippen LogP contribution in [-0.4, -0.2) is 52.7 Å². The number of carbonyl (C=O) groups is 2. The second-order valence-electron chi connectivity index (χ2n) is 5.83. The molecule has 1 amide bonds. The minimum Gasteiger partial charge on any atom is -0.497 e. The standard InChI is InChI=1S/C16H23N3O5S/c1-4-5-11(12-6-10(23-3)7-13(21)24-12)18-15(22)16(17)8-25-14(19-16)9(2)20/h6-7,11,13,21H,4-5,8,17H2,1-3H3,(H,18,22)/t11-,13?,16+/m1/s1. The second kappa shape index (κ2) is 8.03. The Balaban J connectivity index is 2.17. The Morgan fingerprint density at radius 3 is 2.92 bits per heavy atom. The van der Waals surface area contributed by atoms with Gasteiger partial charge in [0.25, 0.3) is 5.91 Å². The highest BCUT2D eigenvalue weighted by Gasteiger charge is 2.41. The zero-order valence-electron chi connectivity index (χ0n) is 14.4. The molecule has 4 N–H and O–H groups in total. The quantitative estimate of drug-likeness (QED) is 0.594. The Morgan fingerprint density at radius 1 is 1.64 bits per heavy atom. The number of aliphatic imine (C=N–C) groups is 1. The summed E-state index contributed by atoms with van der Waals surface area (Å²) in [5, 5.41) is 12.8. The van der Waals surface area contributed by atoms with Crippen LogP contribution in [0.25, 0.3) is 0 Å². The van der Waals surface area contributed by atoms with E-state index >= 15 is 0 Å². The van der Waals surface area contributed by atoms with Gasteiger partial charge in [-0.3, -0.25) is 15.3 Å². The highest BCUT2D eigenvalue weighted by Crippen LogP contribution is 2.26. The maximum atomic E-state index is 12.6. The van der Waals surface area contributed by atoms with Gasteiger partial charge in [0, 0.05) is 24.8 Å². The van der Waals surface area contributed by atoms with Crippen molar-refractivity contribution in [1.82, 2.24) is 5.32 Å². The summed E-state index contributed by atoms with van der Waals surface area (Å²) in [6, 6.07) is -0.493. The number of nitrogens with one attached hydrogen (secondary N) is 1. The number of thioether (sulfide) groups is 1. The van der Waals surface area contributed by atoms with Crippen LogP contribution in [0.2, 0.25) is 0 Å². The first kappa shape index (κ1) is 19.5. The Bertz CT molecular complexity index is 646. The third kappa shape index (κ3) is 4.62. The van der Waals surface area contributed by atoms with Crippen LogP contribution in [0.4, 0.5) is 0 Å². The van der Waals surface area contributed by atoms with Gasteiger partial charge in [-0.15, -0.1) is 0 Å². The van der Waals surface area contributed by atoms with Gasteiger partial charge in [-0.2, -0.15) is 0 Å². The predicted octanol–water partition coefficient (Wildman–Crippen LogP) is 0.423. The summed E-state index contributed by atoms with van der Waals surface area (Å²) in [5.41, 5.74) is 4.57. The molecule has 0 aliphatic carbocycles. The monoisotopic (exact) mass is 369 g/mol. The first-order valence-electron chi connectivity index (χ1n) is 7.94. The Morgan fingerprint density at radius 2 is 2.36 bits per heavy atom. The lowest BCUT2D eigenvalue weighted by atomic mass is 10.1. The van der Waals surface area contributed by atoms with E-state index < -0.39 is 23.9 Å². The summed E-state index contributed by atoms with van der Waals surface area (Å²) >= 11 is 1.17. The summed E-state index contributed by atoms with van der Waals surface area (Å²) in [6.07, 6.45) is 3.22. The van der Waals surface area contributed by atoms with E-state index in [-0.39, 0.29) is 16.6 Å². The van der Waals surface area contributed by atoms with Gasteiger partial charge in [-0.05, 0) is 6.42 Å². The highest BCUT2D eigenvalue weighted by atomic mass is 32.2. The van der Waals surface area contributed by atoms with Crippen molar-refractivity contribution in [3.05, 3.63) is 23.7 Å². The number of hydrogen-bond acceptors (Lipinski definition) is 8. The van der Waals surface area contributed by atoms with E-state index in [1.54, 1.807) is 6.08 Å². The third-order valence-electron chi connectivity index (χ3n) is 3.73. The summed E-state index contributed by atoms with van der Waals surface area (Å²) in [7, 11) is 1.48. The number of nitrogens with two attached hydrogens (primary N) is 1. The number of aliphatic hydroxyl groups is 1. The Hall–Kier alpha value is -1.84. The molecule has 0 aromatic heterocycles. The fourth-order valence-corrected chi connectivity index (χ4v) is 3.41. The lowest BCUT2D eigenvalue weighted by Crippen LogP contribution is -2.56. The molecule has 1 unspecified atom stereocenters. The molecule has 2 aliphatic heterocycles. The van der Waals surface area contributed by atoms with E-state index in [4.69, 9.17) is 15.2 Å². The van der Waals surface area contributed by atoms with E-state index in [9.17, 15) is 14.7 Å². The first-order valence-corrected chi connectivity index (χ1v) is 8.93. The van der Waals surface area contributed by atoms with Crippen LogP contribution in [0.1, 0.15) is 26.7 Å². The number of ketones is 1. The maximum absolute atomic E-state index is 12.6. The lowest BCUT2D eigenvalue weighted by molar-refractivity contribution is -0.126. The van der Waals surface area contributed by atoms with Gasteiger partial charge in [-0.25, -0.2) is 4.99 Å². The van der Waals surface area contributed by atoms with Gasteiger partial charge < -0.3 is 19.9 Å². The molecule has 3 atom stereocenters. The van der Waals surface area contributed by atoms with Gasteiger partial charge in [0.2, 0.25) is 6.29 Å². The third-order valence-corrected chi connectivity index (χ3v) is 4.97. The van der Waals surface area contributed by atoms with Crippen molar-refractivity contribution in [2.24, 2.45) is 10.7 Å². The number of ether oxygens (including phenoxy) is 2. The van der Waals surface area contributed by atoms with Crippen molar-refractivity contribution < 1.29 is 24.2 Å². The maximum Gasteiger partial charge on any atom is 0.264 e. The molecule has 2 rings (SSSR count). The zero-order chi connectivity index (χ0) is 18.6. The van der Waals surface area contributed by atoms with Crippen LogP contribution in [0.5, 0.6) is 0 Å². The number of rotatable bonds is 7. The molecule has 0 saturated heterocycles. The van der Waals surface area contributed by atoms with Crippen molar-refractivity contribution in [2.75, 3.05) is 12.9 Å². The fourth-order valence-electron chi connectivity index (χ4n) is 2.42. The molecule has 9 heteroatoms. The largest absolute Gasteiger partial charge is 0.497 e. The van der Waals surface area contributed by atoms with Gasteiger partial charge in [0.15, 0.2) is 11.4 Å². The van der Waals surface area contributed by atoms with Gasteiger partial charge in [0.05, 0.1) is 13.2 Å². The summed E-state index contributed by atoms with van der Waals surface area (Å²) in [5.74, 6) is 0.305. The van der Waals surface area contributed by atoms with Crippen molar-refractivity contribution in [2.45, 2.75) is 44.7 Å². The number of allylic oxidation sites excluding steroid dienone is 1. The van der Waals surface area contributed by atoms with Gasteiger partial charge in [0.1, 0.15) is 16.6 Å². The lowest BCUT2D eigenvalue weighted by Gasteiger charge is -2.28. The molecular formula is C16H23N3O5S. The van der Waals surface area contributed by atoms with Crippen LogP contribution >= 0.6 is 11.8 Å². The molecule has 8 nitrogen and oxygen atoms in total. The van der Waals surface area contributed by atoms with Crippen LogP contribution < -0.4 is 11.1 Å². The van der Waals surface area contributed by atoms with Gasteiger partial charge >= 0.3 is 0 Å². The summed E-state index contributed by atoms with van der Waals surface area (Å²) in [4.78, 5) is 28.1. The van der Waals surface area contributed by atoms with E-state index in [1.807, 2.05) is 6.92 Å². The minimum absolute atomic E-state index is 0.193. The molecule has 138 valence electrons. The molecule has 0 radical (unpaired) electrons. The summed E-state index contributed by atoms with van der Waals surface area (Å²) in [6.45, 7) is 3.34. The molecule has 0 bridgehead atoms. The normalized spacial score (nSPS) is 26.8. The van der Waals surface area contributed by atoms with E-state index in [2.05, 4.69) is 10.3 Å². The smallest absolute Gasteiger partial charge is 0.264 e. The van der Waals surface area contributed by atoms with Crippen LogP contribution in [-0.2, 0) is 19.1 Å². The number of amides is 1. The van der Waals surface area contributed by atoms with E-state index in [1.165, 1.54) is 31.9 Å². The average Bonchev–Trinajstić information content (AvgIpc) is 2.98. The average molecular weight is 369 g/mol. The SMILES string of the molecule is CCC[C@@H](NC(=O)[C@]1(N)CSC(C(C)=O)=N1)C1=CC(OC)=CC(O)O1. The molecule has 0 aromatic carbocycles. The zero-order valence-corrected chi connectivity index (χ0v) is 15.3. The van der Waals surface area contributed by atoms with Crippen LogP contribution in [0.15, 0.2) is 28.7 Å². The van der Waals surface area contributed by atoms with Gasteiger partial charge in [-0.1, -0.05) is 25.1 Å². The Labute approximate surface area is 150 Å². The van der Waals surface area contributed by atoms with E-state index in [0.717, 1.165) is 6.42 Å². The van der Waals surface area contributed by atoms with Crippen molar-refractivity contribution in [3.8, 4) is 0 Å². The van der Waals surface area contributed by atoms with Crippen molar-refractivity contribution >= 4 is 28.5 Å². The van der Waals surface area contributed by atoms with Crippen LogP contribution in [0, 0.1) is 0 Å². The number of methoxy groups -OCH3 is 1. The highest BCUT2D eigenvalue weighted by molar-refractivity contribution is 8.16. The van der Waals surface area contributed by atoms with E-state index in [0.29, 0.717) is 17.9 Å². The van der Waals surface area contributed by atoms with Crippen LogP contribution in [0.3, 0.4) is 0 Å². The van der Waals surface area contributed by atoms with Crippen molar-refractivity contribution in [3.63, 3.8) is 0 Å².